The third-order valence-electron chi connectivity index (χ3n) is 7.55. The maximum absolute atomic E-state index is 14.0. The fourth-order valence-corrected chi connectivity index (χ4v) is 5.35. The Balaban J connectivity index is 1.67. The minimum atomic E-state index is -4.49. The molecule has 2 heterocycles. The molecule has 1 saturated carbocycles. The van der Waals surface area contributed by atoms with Crippen LogP contribution in [-0.2, 0) is 11.3 Å². The van der Waals surface area contributed by atoms with Crippen molar-refractivity contribution in [3.05, 3.63) is 47.0 Å². The van der Waals surface area contributed by atoms with E-state index in [2.05, 4.69) is 20.4 Å². The Labute approximate surface area is 240 Å². The summed E-state index contributed by atoms with van der Waals surface area (Å²) in [6.45, 7) is 0.999. The molecule has 1 fully saturated rings. The number of primary amides is 1. The second-order valence-corrected chi connectivity index (χ2v) is 10.9. The first-order valence-corrected chi connectivity index (χ1v) is 13.6. The van der Waals surface area contributed by atoms with E-state index < -0.39 is 86.6 Å². The van der Waals surface area contributed by atoms with E-state index in [-0.39, 0.29) is 29.9 Å². The fraction of sp³-hybridized carbons (Fsp3) is 0.556. The van der Waals surface area contributed by atoms with Crippen molar-refractivity contribution in [3.8, 4) is 0 Å². The van der Waals surface area contributed by atoms with Crippen molar-refractivity contribution in [2.75, 3.05) is 0 Å². The molecule has 16 heteroatoms. The zero-order valence-corrected chi connectivity index (χ0v) is 23.0. The number of aryl methyl sites for hydroxylation is 1. The lowest BCUT2D eigenvalue weighted by Gasteiger charge is -2.32. The second kappa shape index (κ2) is 12.1. The number of rotatable bonds is 10. The van der Waals surface area contributed by atoms with Gasteiger partial charge in [-0.1, -0.05) is 6.07 Å². The maximum atomic E-state index is 14.0. The van der Waals surface area contributed by atoms with E-state index in [1.54, 1.807) is 25.1 Å². The Kier molecular flexibility index (Phi) is 9.07. The minimum Gasteiger partial charge on any atom is -0.364 e. The average Bonchev–Trinajstić information content (AvgIpc) is 3.51. The molecule has 0 spiro atoms. The number of amides is 2. The van der Waals surface area contributed by atoms with Gasteiger partial charge in [0.15, 0.2) is 5.69 Å². The van der Waals surface area contributed by atoms with Crippen molar-refractivity contribution < 1.29 is 44.7 Å². The molecule has 4 rings (SSSR count). The van der Waals surface area contributed by atoms with Gasteiger partial charge in [0, 0.05) is 43.5 Å². The van der Waals surface area contributed by atoms with E-state index in [0.717, 1.165) is 4.68 Å². The number of nitrogens with one attached hydrogen (secondary N) is 2. The number of aromatic nitrogens is 4. The van der Waals surface area contributed by atoms with E-state index >= 15 is 0 Å². The number of halogens is 8. The molecule has 0 saturated heterocycles. The summed E-state index contributed by atoms with van der Waals surface area (Å²) >= 11 is 0. The zero-order chi connectivity index (χ0) is 31.7. The van der Waals surface area contributed by atoms with Crippen molar-refractivity contribution in [3.63, 3.8) is 0 Å². The van der Waals surface area contributed by atoms with Crippen LogP contribution in [0.15, 0.2) is 24.4 Å². The number of carbonyl (C=O) groups excluding carboxylic acids is 2. The van der Waals surface area contributed by atoms with E-state index in [0.29, 0.717) is 16.6 Å². The van der Waals surface area contributed by atoms with Crippen molar-refractivity contribution in [2.45, 2.75) is 88.6 Å². The van der Waals surface area contributed by atoms with Crippen LogP contribution in [0.1, 0.15) is 91.3 Å². The molecule has 2 atom stereocenters. The SMILES string of the molecule is C[C@@H](NC(=O)CCC(F)(F)F)c1ccc2nc([C@H](c3cn(CCC(F)(F)F)nc3C(N)=O)C3CCC(F)(F)CC3)[nH]c2c1. The molecule has 236 valence electrons. The lowest BCUT2D eigenvalue weighted by molar-refractivity contribution is -0.144. The summed E-state index contributed by atoms with van der Waals surface area (Å²) in [5.41, 5.74) is 6.80. The molecule has 0 aliphatic heterocycles. The second-order valence-electron chi connectivity index (χ2n) is 10.9. The smallest absolute Gasteiger partial charge is 0.364 e. The van der Waals surface area contributed by atoms with Crippen molar-refractivity contribution >= 4 is 22.8 Å². The van der Waals surface area contributed by atoms with Gasteiger partial charge < -0.3 is 16.0 Å². The van der Waals surface area contributed by atoms with Crippen LogP contribution < -0.4 is 11.1 Å². The topological polar surface area (TPSA) is 119 Å². The van der Waals surface area contributed by atoms with Crippen LogP contribution in [0.4, 0.5) is 35.1 Å². The zero-order valence-electron chi connectivity index (χ0n) is 23.0. The molecule has 0 bridgehead atoms. The number of nitrogens with zero attached hydrogens (tertiary/aromatic N) is 3. The van der Waals surface area contributed by atoms with Crippen LogP contribution in [-0.4, -0.2) is 49.8 Å². The molecule has 4 N–H and O–H groups in total. The molecular formula is C27H30F8N6O2. The molecule has 2 amide bonds. The molecule has 0 unspecified atom stereocenters. The van der Waals surface area contributed by atoms with Gasteiger partial charge in [-0.15, -0.1) is 0 Å². The molecule has 1 aliphatic carbocycles. The number of carbonyl (C=O) groups is 2. The number of H-pyrrole nitrogens is 1. The summed E-state index contributed by atoms with van der Waals surface area (Å²) in [5, 5.41) is 6.48. The van der Waals surface area contributed by atoms with Crippen LogP contribution in [0.5, 0.6) is 0 Å². The monoisotopic (exact) mass is 622 g/mol. The van der Waals surface area contributed by atoms with Crippen molar-refractivity contribution in [1.29, 1.82) is 0 Å². The standard InChI is InChI=1S/C27H30F8N6O2/c1-14(37-20(42)6-9-26(30,31)32)16-2-3-18-19(12-16)39-24(38-18)21(15-4-7-25(28,29)8-5-15)17-13-41(11-10-27(33,34)35)40-22(17)23(36)43/h2-3,12-15,21H,4-11H2,1H3,(H2,36,43)(H,37,42)(H,38,39)/t14-,21+/m1/s1. The third-order valence-corrected chi connectivity index (χ3v) is 7.55. The summed E-state index contributed by atoms with van der Waals surface area (Å²) < 4.78 is 105. The number of nitrogens with two attached hydrogens (primary N) is 1. The fourth-order valence-electron chi connectivity index (χ4n) is 5.35. The van der Waals surface area contributed by atoms with Crippen LogP contribution in [0.2, 0.25) is 0 Å². The number of imidazole rings is 1. The summed E-state index contributed by atoms with van der Waals surface area (Å²) in [5.74, 6) is -5.74. The number of aromatic amines is 1. The van der Waals surface area contributed by atoms with Crippen LogP contribution in [0.25, 0.3) is 11.0 Å². The predicted octanol–water partition coefficient (Wildman–Crippen LogP) is 6.29. The van der Waals surface area contributed by atoms with Gasteiger partial charge in [0.05, 0.1) is 29.9 Å². The molecule has 8 nitrogen and oxygen atoms in total. The van der Waals surface area contributed by atoms with Crippen molar-refractivity contribution in [1.82, 2.24) is 25.1 Å². The third kappa shape index (κ3) is 8.44. The number of benzene rings is 1. The number of hydrogen-bond donors (Lipinski definition) is 3. The molecule has 2 aromatic heterocycles. The Hall–Kier alpha value is -3.72. The highest BCUT2D eigenvalue weighted by atomic mass is 19.4. The number of fused-ring (bicyclic) bond motifs is 1. The highest BCUT2D eigenvalue weighted by Gasteiger charge is 2.41. The van der Waals surface area contributed by atoms with Gasteiger partial charge in [-0.2, -0.15) is 31.4 Å². The number of hydrogen-bond acceptors (Lipinski definition) is 4. The maximum Gasteiger partial charge on any atom is 0.390 e. The molecule has 1 aliphatic rings. The molecule has 3 aromatic rings. The van der Waals surface area contributed by atoms with Gasteiger partial charge in [-0.25, -0.2) is 13.8 Å². The summed E-state index contributed by atoms with van der Waals surface area (Å²) in [7, 11) is 0. The summed E-state index contributed by atoms with van der Waals surface area (Å²) in [6, 6.07) is 4.16. The van der Waals surface area contributed by atoms with Gasteiger partial charge in [-0.3, -0.25) is 14.3 Å². The summed E-state index contributed by atoms with van der Waals surface area (Å²) in [6.07, 6.45) is -11.7. The first kappa shape index (κ1) is 32.2. The highest BCUT2D eigenvalue weighted by molar-refractivity contribution is 5.92. The molecule has 43 heavy (non-hydrogen) atoms. The Morgan fingerprint density at radius 1 is 1.12 bits per heavy atom. The first-order valence-electron chi connectivity index (χ1n) is 13.6. The largest absolute Gasteiger partial charge is 0.390 e. The van der Waals surface area contributed by atoms with Gasteiger partial charge in [0.1, 0.15) is 5.82 Å². The van der Waals surface area contributed by atoms with E-state index in [9.17, 15) is 44.7 Å². The van der Waals surface area contributed by atoms with E-state index in [1.807, 2.05) is 0 Å². The van der Waals surface area contributed by atoms with Crippen LogP contribution >= 0.6 is 0 Å². The normalized spacial score (nSPS) is 17.6. The van der Waals surface area contributed by atoms with E-state index in [4.69, 9.17) is 5.73 Å². The Morgan fingerprint density at radius 3 is 2.37 bits per heavy atom. The summed E-state index contributed by atoms with van der Waals surface area (Å²) in [4.78, 5) is 32.0. The van der Waals surface area contributed by atoms with Crippen LogP contribution in [0.3, 0.4) is 0 Å². The molecule has 0 radical (unpaired) electrons. The Bertz CT molecular complexity index is 1450. The average molecular weight is 623 g/mol. The van der Waals surface area contributed by atoms with Gasteiger partial charge in [0.2, 0.25) is 11.8 Å². The highest BCUT2D eigenvalue weighted by Crippen LogP contribution is 2.45. The van der Waals surface area contributed by atoms with Gasteiger partial charge >= 0.3 is 12.4 Å². The quantitative estimate of drug-likeness (QED) is 0.231. The lowest BCUT2D eigenvalue weighted by atomic mass is 9.75. The predicted molar refractivity (Wildman–Crippen MR) is 138 cm³/mol. The van der Waals surface area contributed by atoms with E-state index in [1.165, 1.54) is 6.20 Å². The number of alkyl halides is 8. The lowest BCUT2D eigenvalue weighted by Crippen LogP contribution is -2.29. The minimum absolute atomic E-state index is 0.0346. The van der Waals surface area contributed by atoms with Crippen molar-refractivity contribution in [2.24, 2.45) is 11.7 Å². The molecular weight excluding hydrogens is 592 g/mol. The van der Waals surface area contributed by atoms with Gasteiger partial charge in [-0.05, 0) is 43.4 Å². The van der Waals surface area contributed by atoms with Gasteiger partial charge in [0.25, 0.3) is 5.91 Å². The first-order chi connectivity index (χ1) is 19.9. The Morgan fingerprint density at radius 2 is 1.77 bits per heavy atom. The molecule has 1 aromatic carbocycles. The van der Waals surface area contributed by atoms with Crippen LogP contribution in [0, 0.1) is 5.92 Å².